The fourth-order valence-corrected chi connectivity index (χ4v) is 1.78. The quantitative estimate of drug-likeness (QED) is 0.469. The van der Waals surface area contributed by atoms with Crippen LogP contribution in [-0.2, 0) is 10.2 Å². The largest absolute Gasteiger partial charge is 0.370 e. The first-order chi connectivity index (χ1) is 9.63. The number of carbonyl (C=O) groups is 2. The van der Waals surface area contributed by atoms with Crippen molar-refractivity contribution in [2.24, 2.45) is 11.6 Å². The van der Waals surface area contributed by atoms with Crippen molar-refractivity contribution in [3.63, 3.8) is 0 Å². The van der Waals surface area contributed by atoms with Gasteiger partial charge in [-0.25, -0.2) is 10.8 Å². The number of carbonyl (C=O) groups excluding carboxylic acids is 2. The maximum Gasteiger partial charge on any atom is 0.251 e. The minimum absolute atomic E-state index is 0.0882. The molecule has 6 N–H and O–H groups in total. The smallest absolute Gasteiger partial charge is 0.251 e. The third kappa shape index (κ3) is 5.03. The molecular formula is C14H23N5O2. The highest BCUT2D eigenvalue weighted by molar-refractivity contribution is 5.95. The SMILES string of the molecule is CC(CC(N)=O)NC(=O)c1cc(NN)nc(C(C)(C)C)c1. The van der Waals surface area contributed by atoms with Crippen molar-refractivity contribution in [1.29, 1.82) is 0 Å². The van der Waals surface area contributed by atoms with Crippen LogP contribution in [0.4, 0.5) is 5.82 Å². The Kier molecular flexibility index (Phi) is 5.26. The van der Waals surface area contributed by atoms with Crippen LogP contribution in [0.1, 0.15) is 50.2 Å². The summed E-state index contributed by atoms with van der Waals surface area (Å²) in [5, 5.41) is 2.72. The van der Waals surface area contributed by atoms with E-state index in [0.29, 0.717) is 11.4 Å². The number of amides is 2. The highest BCUT2D eigenvalue weighted by Gasteiger charge is 2.20. The molecule has 1 aromatic heterocycles. The third-order valence-corrected chi connectivity index (χ3v) is 2.89. The van der Waals surface area contributed by atoms with E-state index in [1.807, 2.05) is 20.8 Å². The Balaban J connectivity index is 3.01. The Morgan fingerprint density at radius 2 is 1.95 bits per heavy atom. The lowest BCUT2D eigenvalue weighted by Crippen LogP contribution is -2.36. The highest BCUT2D eigenvalue weighted by Crippen LogP contribution is 2.23. The molecule has 1 aromatic rings. The Bertz CT molecular complexity index is 537. The molecule has 0 saturated heterocycles. The molecule has 0 bridgehead atoms. The van der Waals surface area contributed by atoms with E-state index in [2.05, 4.69) is 15.7 Å². The molecule has 0 aromatic carbocycles. The first-order valence-electron chi connectivity index (χ1n) is 6.72. The zero-order chi connectivity index (χ0) is 16.2. The number of nitrogens with zero attached hydrogens (tertiary/aromatic N) is 1. The molecule has 0 spiro atoms. The lowest BCUT2D eigenvalue weighted by atomic mass is 9.90. The average molecular weight is 293 g/mol. The predicted molar refractivity (Wildman–Crippen MR) is 81.5 cm³/mol. The number of hydrazine groups is 1. The Morgan fingerprint density at radius 3 is 2.43 bits per heavy atom. The fourth-order valence-electron chi connectivity index (χ4n) is 1.78. The summed E-state index contributed by atoms with van der Waals surface area (Å²) in [5.74, 6) is 5.05. The molecule has 116 valence electrons. The first kappa shape index (κ1) is 16.9. The van der Waals surface area contributed by atoms with E-state index in [9.17, 15) is 9.59 Å². The number of aromatic nitrogens is 1. The number of rotatable bonds is 5. The van der Waals surface area contributed by atoms with Gasteiger partial charge in [0, 0.05) is 29.1 Å². The van der Waals surface area contributed by atoms with Crippen LogP contribution in [-0.4, -0.2) is 22.8 Å². The van der Waals surface area contributed by atoms with Crippen LogP contribution >= 0.6 is 0 Å². The van der Waals surface area contributed by atoms with Gasteiger partial charge in [-0.2, -0.15) is 0 Å². The van der Waals surface area contributed by atoms with Crippen LogP contribution in [0, 0.1) is 0 Å². The van der Waals surface area contributed by atoms with Gasteiger partial charge >= 0.3 is 0 Å². The number of anilines is 1. The summed E-state index contributed by atoms with van der Waals surface area (Å²) >= 11 is 0. The van der Waals surface area contributed by atoms with Crippen LogP contribution < -0.4 is 22.3 Å². The first-order valence-corrected chi connectivity index (χ1v) is 6.72. The number of nitrogens with two attached hydrogens (primary N) is 2. The standard InChI is InChI=1S/C14H23N5O2/c1-8(5-11(15)20)17-13(21)9-6-10(14(2,3)4)18-12(7-9)19-16/h6-8H,5,16H2,1-4H3,(H2,15,20)(H,17,21)(H,18,19). The lowest BCUT2D eigenvalue weighted by molar-refractivity contribution is -0.118. The Hall–Kier alpha value is -2.15. The van der Waals surface area contributed by atoms with Crippen molar-refractivity contribution in [2.75, 3.05) is 5.43 Å². The molecule has 0 aliphatic rings. The van der Waals surface area contributed by atoms with E-state index < -0.39 is 5.91 Å². The van der Waals surface area contributed by atoms with Gasteiger partial charge < -0.3 is 16.5 Å². The number of hydrogen-bond acceptors (Lipinski definition) is 5. The van der Waals surface area contributed by atoms with Gasteiger partial charge in [-0.3, -0.25) is 9.59 Å². The topological polar surface area (TPSA) is 123 Å². The average Bonchev–Trinajstić information content (AvgIpc) is 2.35. The Labute approximate surface area is 124 Å². The zero-order valence-corrected chi connectivity index (χ0v) is 12.9. The van der Waals surface area contributed by atoms with Gasteiger partial charge in [0.1, 0.15) is 5.82 Å². The van der Waals surface area contributed by atoms with Crippen LogP contribution in [0.25, 0.3) is 0 Å². The molecule has 7 nitrogen and oxygen atoms in total. The molecule has 0 aliphatic carbocycles. The van der Waals surface area contributed by atoms with E-state index in [0.717, 1.165) is 5.69 Å². The molecule has 1 unspecified atom stereocenters. The second-order valence-corrected chi connectivity index (χ2v) is 6.07. The molecule has 7 heteroatoms. The van der Waals surface area contributed by atoms with E-state index in [4.69, 9.17) is 11.6 Å². The minimum Gasteiger partial charge on any atom is -0.370 e. The summed E-state index contributed by atoms with van der Waals surface area (Å²) in [5.41, 5.74) is 8.51. The van der Waals surface area contributed by atoms with Crippen molar-refractivity contribution in [1.82, 2.24) is 10.3 Å². The van der Waals surface area contributed by atoms with Gasteiger partial charge in [-0.1, -0.05) is 20.8 Å². The molecule has 2 amide bonds. The summed E-state index contributed by atoms with van der Waals surface area (Å²) in [6.07, 6.45) is 0.0882. The number of pyridine rings is 1. The lowest BCUT2D eigenvalue weighted by Gasteiger charge is -2.20. The number of primary amides is 1. The summed E-state index contributed by atoms with van der Waals surface area (Å²) in [7, 11) is 0. The summed E-state index contributed by atoms with van der Waals surface area (Å²) in [4.78, 5) is 27.4. The molecule has 0 radical (unpaired) electrons. The molecule has 1 atom stereocenters. The van der Waals surface area contributed by atoms with Crippen LogP contribution in [0.15, 0.2) is 12.1 Å². The normalized spacial score (nSPS) is 12.6. The third-order valence-electron chi connectivity index (χ3n) is 2.89. The molecule has 1 rings (SSSR count). The summed E-state index contributed by atoms with van der Waals surface area (Å²) in [6.45, 7) is 7.70. The van der Waals surface area contributed by atoms with Gasteiger partial charge in [-0.05, 0) is 19.1 Å². The van der Waals surface area contributed by atoms with Crippen molar-refractivity contribution in [2.45, 2.75) is 45.6 Å². The second kappa shape index (κ2) is 6.53. The number of nitrogens with one attached hydrogen (secondary N) is 2. The Morgan fingerprint density at radius 1 is 1.33 bits per heavy atom. The maximum atomic E-state index is 12.2. The predicted octanol–water partition coefficient (Wildman–Crippen LogP) is 0.658. The second-order valence-electron chi connectivity index (χ2n) is 6.07. The minimum atomic E-state index is -0.461. The van der Waals surface area contributed by atoms with Crippen LogP contribution in [0.5, 0.6) is 0 Å². The van der Waals surface area contributed by atoms with Crippen molar-refractivity contribution in [3.05, 3.63) is 23.4 Å². The molecule has 0 saturated carbocycles. The molecule has 21 heavy (non-hydrogen) atoms. The van der Waals surface area contributed by atoms with E-state index in [1.165, 1.54) is 0 Å². The number of nitrogen functional groups attached to an aromatic ring is 1. The molecule has 0 fully saturated rings. The van der Waals surface area contributed by atoms with Gasteiger partial charge in [0.25, 0.3) is 5.91 Å². The van der Waals surface area contributed by atoms with Crippen LogP contribution in [0.3, 0.4) is 0 Å². The van der Waals surface area contributed by atoms with Crippen molar-refractivity contribution >= 4 is 17.6 Å². The molecular weight excluding hydrogens is 270 g/mol. The van der Waals surface area contributed by atoms with Crippen LogP contribution in [0.2, 0.25) is 0 Å². The monoisotopic (exact) mass is 293 g/mol. The van der Waals surface area contributed by atoms with Crippen molar-refractivity contribution in [3.8, 4) is 0 Å². The van der Waals surface area contributed by atoms with E-state index >= 15 is 0 Å². The highest BCUT2D eigenvalue weighted by atomic mass is 16.2. The zero-order valence-electron chi connectivity index (χ0n) is 12.9. The molecule has 1 heterocycles. The summed E-state index contributed by atoms with van der Waals surface area (Å²) < 4.78 is 0. The van der Waals surface area contributed by atoms with Crippen molar-refractivity contribution < 1.29 is 9.59 Å². The summed E-state index contributed by atoms with van der Waals surface area (Å²) in [6, 6.07) is 2.94. The molecule has 0 aliphatic heterocycles. The van der Waals surface area contributed by atoms with E-state index in [-0.39, 0.29) is 23.8 Å². The van der Waals surface area contributed by atoms with E-state index in [1.54, 1.807) is 19.1 Å². The fraction of sp³-hybridized carbons (Fsp3) is 0.500. The number of hydrogen-bond donors (Lipinski definition) is 4. The van der Waals surface area contributed by atoms with Gasteiger partial charge in [-0.15, -0.1) is 0 Å². The van der Waals surface area contributed by atoms with Gasteiger partial charge in [0.15, 0.2) is 0 Å². The van der Waals surface area contributed by atoms with Gasteiger partial charge in [0.05, 0.1) is 0 Å². The van der Waals surface area contributed by atoms with Gasteiger partial charge in [0.2, 0.25) is 5.91 Å². The maximum absolute atomic E-state index is 12.2.